The molecule has 0 fully saturated rings. The molecule has 0 saturated heterocycles. The fraction of sp³-hybridized carbons (Fsp3) is 0.182. The molecule has 0 aliphatic carbocycles. The molecule has 9 heteroatoms. The molecule has 158 valence electrons. The number of fused-ring (bicyclic) bond motifs is 1. The van der Waals surface area contributed by atoms with Gasteiger partial charge in [0.15, 0.2) is 12.3 Å². The number of carbonyl (C=O) groups is 1. The average Bonchev–Trinajstić information content (AvgIpc) is 3.19. The summed E-state index contributed by atoms with van der Waals surface area (Å²) < 4.78 is 8.02. The van der Waals surface area contributed by atoms with Gasteiger partial charge in [-0.15, -0.1) is 0 Å². The highest BCUT2D eigenvalue weighted by molar-refractivity contribution is 6.30. The van der Waals surface area contributed by atoms with Gasteiger partial charge in [-0.25, -0.2) is 14.3 Å². The smallest absolute Gasteiger partial charge is 0.283 e. The molecule has 2 aromatic carbocycles. The van der Waals surface area contributed by atoms with E-state index in [1.54, 1.807) is 24.3 Å². The van der Waals surface area contributed by atoms with Crippen LogP contribution in [0, 0.1) is 0 Å². The normalized spacial score (nSPS) is 11.1. The molecular formula is C22H20ClN5O3. The van der Waals surface area contributed by atoms with Gasteiger partial charge >= 0.3 is 0 Å². The number of nitrogens with zero attached hydrogens (tertiary/aromatic N) is 4. The maximum absolute atomic E-state index is 12.7. The quantitative estimate of drug-likeness (QED) is 0.498. The van der Waals surface area contributed by atoms with Gasteiger partial charge in [0.05, 0.1) is 11.9 Å². The molecule has 0 aliphatic heterocycles. The van der Waals surface area contributed by atoms with Crippen LogP contribution in [-0.2, 0) is 4.79 Å². The standard InChI is InChI=1S/C22H20ClN5O3/c1-14(2)15-6-8-18(9-7-15)31-12-20(29)26-27-13-24-21-19(22(27)30)11-25-28(21)17-5-3-4-16(23)10-17/h3-11,13-14H,12H2,1-2H3,(H,26,29). The van der Waals surface area contributed by atoms with Crippen molar-refractivity contribution in [3.05, 3.63) is 82.0 Å². The van der Waals surface area contributed by atoms with Gasteiger partial charge in [-0.2, -0.15) is 5.10 Å². The minimum Gasteiger partial charge on any atom is -0.484 e. The van der Waals surface area contributed by atoms with Crippen LogP contribution in [0.25, 0.3) is 16.7 Å². The first kappa shape index (κ1) is 20.6. The number of benzene rings is 2. The van der Waals surface area contributed by atoms with E-state index in [1.807, 2.05) is 24.3 Å². The van der Waals surface area contributed by atoms with E-state index in [-0.39, 0.29) is 12.0 Å². The third kappa shape index (κ3) is 4.44. The monoisotopic (exact) mass is 437 g/mol. The zero-order valence-corrected chi connectivity index (χ0v) is 17.7. The summed E-state index contributed by atoms with van der Waals surface area (Å²) in [5.74, 6) is 0.497. The van der Waals surface area contributed by atoms with Crippen molar-refractivity contribution in [1.82, 2.24) is 19.4 Å². The minimum absolute atomic E-state index is 0.243. The van der Waals surface area contributed by atoms with Crippen LogP contribution < -0.4 is 15.7 Å². The number of hydrogen-bond acceptors (Lipinski definition) is 5. The topological polar surface area (TPSA) is 91.0 Å². The molecule has 0 radical (unpaired) electrons. The van der Waals surface area contributed by atoms with Crippen LogP contribution in [0.1, 0.15) is 25.3 Å². The Kier molecular flexibility index (Phi) is 5.73. The van der Waals surface area contributed by atoms with Crippen molar-refractivity contribution in [2.45, 2.75) is 19.8 Å². The Morgan fingerprint density at radius 2 is 1.97 bits per heavy atom. The van der Waals surface area contributed by atoms with E-state index in [1.165, 1.54) is 22.8 Å². The van der Waals surface area contributed by atoms with Crippen LogP contribution in [0.4, 0.5) is 0 Å². The van der Waals surface area contributed by atoms with E-state index in [0.29, 0.717) is 28.0 Å². The predicted molar refractivity (Wildman–Crippen MR) is 119 cm³/mol. The lowest BCUT2D eigenvalue weighted by Gasteiger charge is -2.10. The zero-order valence-electron chi connectivity index (χ0n) is 16.9. The molecule has 2 aromatic heterocycles. The van der Waals surface area contributed by atoms with Gasteiger partial charge in [0.2, 0.25) is 0 Å². The van der Waals surface area contributed by atoms with E-state index >= 15 is 0 Å². The summed E-state index contributed by atoms with van der Waals surface area (Å²) in [7, 11) is 0. The molecule has 0 atom stereocenters. The summed E-state index contributed by atoms with van der Waals surface area (Å²) in [6.45, 7) is 3.96. The molecule has 0 spiro atoms. The van der Waals surface area contributed by atoms with Crippen molar-refractivity contribution in [2.75, 3.05) is 12.0 Å². The number of ether oxygens (including phenoxy) is 1. The first-order valence-corrected chi connectivity index (χ1v) is 10.0. The number of carbonyl (C=O) groups excluding carboxylic acids is 1. The van der Waals surface area contributed by atoms with Crippen molar-refractivity contribution in [1.29, 1.82) is 0 Å². The van der Waals surface area contributed by atoms with Gasteiger partial charge in [-0.05, 0) is 41.8 Å². The summed E-state index contributed by atoms with van der Waals surface area (Å²) in [6.07, 6.45) is 2.64. The predicted octanol–water partition coefficient (Wildman–Crippen LogP) is 3.51. The van der Waals surface area contributed by atoms with Gasteiger partial charge in [0.1, 0.15) is 17.5 Å². The number of amides is 1. The van der Waals surface area contributed by atoms with Crippen LogP contribution in [0.5, 0.6) is 5.75 Å². The Hall–Kier alpha value is -3.65. The minimum atomic E-state index is -0.488. The molecular weight excluding hydrogens is 418 g/mol. The summed E-state index contributed by atoms with van der Waals surface area (Å²) in [5.41, 5.74) is 4.25. The Balaban J connectivity index is 1.48. The van der Waals surface area contributed by atoms with Crippen LogP contribution >= 0.6 is 11.6 Å². The van der Waals surface area contributed by atoms with Crippen molar-refractivity contribution in [3.63, 3.8) is 0 Å². The molecule has 8 nitrogen and oxygen atoms in total. The highest BCUT2D eigenvalue weighted by atomic mass is 35.5. The number of hydrogen-bond donors (Lipinski definition) is 1. The van der Waals surface area contributed by atoms with E-state index in [9.17, 15) is 9.59 Å². The molecule has 0 aliphatic rings. The van der Waals surface area contributed by atoms with Crippen molar-refractivity contribution in [2.24, 2.45) is 0 Å². The maximum atomic E-state index is 12.7. The first-order valence-electron chi connectivity index (χ1n) is 9.66. The zero-order chi connectivity index (χ0) is 22.0. The highest BCUT2D eigenvalue weighted by Crippen LogP contribution is 2.19. The van der Waals surface area contributed by atoms with Crippen LogP contribution in [0.2, 0.25) is 5.02 Å². The average molecular weight is 438 g/mol. The molecule has 4 rings (SSSR count). The molecule has 0 saturated carbocycles. The molecule has 2 heterocycles. The second-order valence-electron chi connectivity index (χ2n) is 7.24. The number of aromatic nitrogens is 4. The Bertz CT molecular complexity index is 1290. The van der Waals surface area contributed by atoms with E-state index in [4.69, 9.17) is 16.3 Å². The van der Waals surface area contributed by atoms with Gasteiger partial charge in [0, 0.05) is 5.02 Å². The van der Waals surface area contributed by atoms with Gasteiger partial charge < -0.3 is 4.74 Å². The second-order valence-corrected chi connectivity index (χ2v) is 7.68. The largest absolute Gasteiger partial charge is 0.484 e. The lowest BCUT2D eigenvalue weighted by molar-refractivity contribution is -0.119. The lowest BCUT2D eigenvalue weighted by Crippen LogP contribution is -2.35. The number of rotatable bonds is 6. The summed E-state index contributed by atoms with van der Waals surface area (Å²) in [5, 5.41) is 5.03. The van der Waals surface area contributed by atoms with E-state index in [2.05, 4.69) is 29.4 Å². The Labute approximate surface area is 183 Å². The second kappa shape index (κ2) is 8.61. The summed E-state index contributed by atoms with van der Waals surface area (Å²) in [4.78, 5) is 29.3. The molecule has 0 bridgehead atoms. The van der Waals surface area contributed by atoms with Gasteiger partial charge in [-0.1, -0.05) is 43.6 Å². The maximum Gasteiger partial charge on any atom is 0.283 e. The van der Waals surface area contributed by atoms with Crippen LogP contribution in [-0.4, -0.2) is 32.0 Å². The molecule has 0 unspecified atom stereocenters. The number of nitrogens with one attached hydrogen (secondary N) is 1. The molecule has 1 N–H and O–H groups in total. The lowest BCUT2D eigenvalue weighted by atomic mass is 10.0. The number of halogens is 1. The third-order valence-electron chi connectivity index (χ3n) is 4.70. The molecule has 1 amide bonds. The summed E-state index contributed by atoms with van der Waals surface area (Å²) in [6, 6.07) is 14.6. The van der Waals surface area contributed by atoms with Crippen molar-refractivity contribution < 1.29 is 9.53 Å². The van der Waals surface area contributed by atoms with E-state index in [0.717, 1.165) is 4.68 Å². The van der Waals surface area contributed by atoms with Crippen LogP contribution in [0.3, 0.4) is 0 Å². The summed E-state index contributed by atoms with van der Waals surface area (Å²) >= 11 is 6.04. The first-order chi connectivity index (χ1) is 14.9. The van der Waals surface area contributed by atoms with Gasteiger partial charge in [0.25, 0.3) is 11.5 Å². The fourth-order valence-corrected chi connectivity index (χ4v) is 3.24. The van der Waals surface area contributed by atoms with Gasteiger partial charge in [-0.3, -0.25) is 15.0 Å². The molecule has 4 aromatic rings. The van der Waals surface area contributed by atoms with Crippen molar-refractivity contribution in [3.8, 4) is 11.4 Å². The molecule has 31 heavy (non-hydrogen) atoms. The highest BCUT2D eigenvalue weighted by Gasteiger charge is 2.13. The van der Waals surface area contributed by atoms with E-state index < -0.39 is 11.5 Å². The Morgan fingerprint density at radius 1 is 1.19 bits per heavy atom. The third-order valence-corrected chi connectivity index (χ3v) is 4.94. The Morgan fingerprint density at radius 3 is 2.68 bits per heavy atom. The fourth-order valence-electron chi connectivity index (χ4n) is 3.05. The van der Waals surface area contributed by atoms with Crippen molar-refractivity contribution >= 4 is 28.5 Å². The van der Waals surface area contributed by atoms with Crippen LogP contribution in [0.15, 0.2) is 65.8 Å². The SMILES string of the molecule is CC(C)c1ccc(OCC(=O)Nn2cnc3c(cnn3-c3cccc(Cl)c3)c2=O)cc1.